The number of benzene rings is 2. The Morgan fingerprint density at radius 3 is 2.03 bits per heavy atom. The first-order chi connectivity index (χ1) is 13.9. The highest BCUT2D eigenvalue weighted by Gasteiger charge is 2.38. The normalized spacial score (nSPS) is 16.0. The molecular formula is C21H15F3O6. The van der Waals surface area contributed by atoms with Crippen molar-refractivity contribution in [2.24, 2.45) is 0 Å². The number of rotatable bonds is 3. The molecule has 0 unspecified atom stereocenters. The van der Waals surface area contributed by atoms with Crippen LogP contribution >= 0.6 is 0 Å². The van der Waals surface area contributed by atoms with Gasteiger partial charge in [0.15, 0.2) is 0 Å². The lowest BCUT2D eigenvalue weighted by Crippen LogP contribution is -2.41. The fourth-order valence-electron chi connectivity index (χ4n) is 2.80. The molecule has 0 radical (unpaired) electrons. The standard InChI is InChI=1S/C21H15F3O6/c1-20(2)29-18(27)16(19(28)30-20)7-11-3-5-12(6-4-11)13-8-14(17(25)26)10-15(9-13)21(22,23)24/h3-10H,1-2H3,(H,25,26). The third kappa shape index (κ3) is 4.51. The van der Waals surface area contributed by atoms with Gasteiger partial charge < -0.3 is 14.6 Å². The smallest absolute Gasteiger partial charge is 0.416 e. The number of cyclic esters (lactones) is 2. The summed E-state index contributed by atoms with van der Waals surface area (Å²) in [4.78, 5) is 35.2. The van der Waals surface area contributed by atoms with E-state index < -0.39 is 41.0 Å². The van der Waals surface area contributed by atoms with Gasteiger partial charge in [-0.15, -0.1) is 0 Å². The van der Waals surface area contributed by atoms with Gasteiger partial charge in [0, 0.05) is 13.8 Å². The van der Waals surface area contributed by atoms with Crippen molar-refractivity contribution < 1.29 is 42.1 Å². The summed E-state index contributed by atoms with van der Waals surface area (Å²) in [5, 5.41) is 9.10. The Bertz CT molecular complexity index is 1040. The van der Waals surface area contributed by atoms with Crippen molar-refractivity contribution in [3.05, 3.63) is 64.7 Å². The van der Waals surface area contributed by atoms with Gasteiger partial charge in [-0.25, -0.2) is 14.4 Å². The van der Waals surface area contributed by atoms with Crippen LogP contribution in [-0.4, -0.2) is 28.8 Å². The summed E-state index contributed by atoms with van der Waals surface area (Å²) >= 11 is 0. The van der Waals surface area contributed by atoms with Gasteiger partial charge >= 0.3 is 24.1 Å². The summed E-state index contributed by atoms with van der Waals surface area (Å²) < 4.78 is 49.3. The van der Waals surface area contributed by atoms with Crippen LogP contribution in [0.4, 0.5) is 13.2 Å². The molecule has 0 atom stereocenters. The number of esters is 2. The number of carbonyl (C=O) groups excluding carboxylic acids is 2. The molecule has 2 aromatic carbocycles. The maximum Gasteiger partial charge on any atom is 0.416 e. The van der Waals surface area contributed by atoms with Gasteiger partial charge in [-0.1, -0.05) is 24.3 Å². The van der Waals surface area contributed by atoms with E-state index in [1.807, 2.05) is 0 Å². The minimum absolute atomic E-state index is 0.0552. The lowest BCUT2D eigenvalue weighted by atomic mass is 9.98. The van der Waals surface area contributed by atoms with E-state index in [1.54, 1.807) is 0 Å². The quantitative estimate of drug-likeness (QED) is 0.453. The van der Waals surface area contributed by atoms with Crippen molar-refractivity contribution in [1.82, 2.24) is 0 Å². The first-order valence-electron chi connectivity index (χ1n) is 8.60. The molecule has 1 fully saturated rings. The molecule has 6 nitrogen and oxygen atoms in total. The number of carboxylic acid groups (broad SMARTS) is 1. The lowest BCUT2D eigenvalue weighted by molar-refractivity contribution is -0.222. The first-order valence-corrected chi connectivity index (χ1v) is 8.60. The van der Waals surface area contributed by atoms with Crippen LogP contribution in [0.2, 0.25) is 0 Å². The molecular weight excluding hydrogens is 405 g/mol. The van der Waals surface area contributed by atoms with Gasteiger partial charge in [-0.3, -0.25) is 0 Å². The summed E-state index contributed by atoms with van der Waals surface area (Å²) in [6.07, 6.45) is -3.47. The van der Waals surface area contributed by atoms with Crippen molar-refractivity contribution in [3.63, 3.8) is 0 Å². The minimum Gasteiger partial charge on any atom is -0.478 e. The molecule has 1 heterocycles. The third-order valence-electron chi connectivity index (χ3n) is 4.18. The molecule has 0 aromatic heterocycles. The molecule has 0 spiro atoms. The third-order valence-corrected chi connectivity index (χ3v) is 4.18. The molecule has 1 saturated heterocycles. The van der Waals surface area contributed by atoms with Gasteiger partial charge in [0.25, 0.3) is 5.79 Å². The molecule has 1 aliphatic heterocycles. The summed E-state index contributed by atoms with van der Waals surface area (Å²) in [5.41, 5.74) is -1.14. The Kier molecular flexibility index (Phi) is 5.15. The number of halogens is 3. The van der Waals surface area contributed by atoms with Gasteiger partial charge in [0.05, 0.1) is 11.1 Å². The van der Waals surface area contributed by atoms with E-state index in [0.29, 0.717) is 17.2 Å². The number of hydrogen-bond donors (Lipinski definition) is 1. The maximum atomic E-state index is 13.1. The summed E-state index contributed by atoms with van der Waals surface area (Å²) in [7, 11) is 0. The molecule has 0 aliphatic carbocycles. The van der Waals surface area contributed by atoms with Gasteiger partial charge in [-0.2, -0.15) is 13.2 Å². The first kappa shape index (κ1) is 21.1. The van der Waals surface area contributed by atoms with E-state index >= 15 is 0 Å². The van der Waals surface area contributed by atoms with Crippen molar-refractivity contribution in [2.45, 2.75) is 25.8 Å². The van der Waals surface area contributed by atoms with Crippen LogP contribution < -0.4 is 0 Å². The van der Waals surface area contributed by atoms with Crippen LogP contribution in [0.3, 0.4) is 0 Å². The number of ether oxygens (including phenoxy) is 2. The summed E-state index contributed by atoms with van der Waals surface area (Å²) in [6.45, 7) is 2.82. The molecule has 1 aliphatic rings. The van der Waals surface area contributed by atoms with E-state index in [2.05, 4.69) is 0 Å². The molecule has 3 rings (SSSR count). The van der Waals surface area contributed by atoms with Crippen LogP contribution in [0.1, 0.15) is 35.3 Å². The predicted octanol–water partition coefficient (Wildman–Crippen LogP) is 4.29. The fourth-order valence-corrected chi connectivity index (χ4v) is 2.80. The minimum atomic E-state index is -4.71. The highest BCUT2D eigenvalue weighted by molar-refractivity contribution is 6.18. The zero-order chi connectivity index (χ0) is 22.3. The SMILES string of the molecule is CC1(C)OC(=O)C(=Cc2ccc(-c3cc(C(=O)O)cc(C(F)(F)F)c3)cc2)C(=O)O1. The number of aromatic carboxylic acids is 1. The van der Waals surface area contributed by atoms with Crippen LogP contribution in [0, 0.1) is 0 Å². The second-order valence-electron chi connectivity index (χ2n) is 6.96. The van der Waals surface area contributed by atoms with E-state index in [-0.39, 0.29) is 11.1 Å². The van der Waals surface area contributed by atoms with Gasteiger partial charge in [0.1, 0.15) is 5.57 Å². The number of hydrogen-bond acceptors (Lipinski definition) is 5. The highest BCUT2D eigenvalue weighted by atomic mass is 19.4. The van der Waals surface area contributed by atoms with E-state index in [9.17, 15) is 27.6 Å². The Morgan fingerprint density at radius 2 is 1.53 bits per heavy atom. The predicted molar refractivity (Wildman–Crippen MR) is 98.1 cm³/mol. The topological polar surface area (TPSA) is 89.9 Å². The van der Waals surface area contributed by atoms with Crippen molar-refractivity contribution in [2.75, 3.05) is 0 Å². The molecule has 1 N–H and O–H groups in total. The van der Waals surface area contributed by atoms with E-state index in [1.165, 1.54) is 44.2 Å². The number of carbonyl (C=O) groups is 3. The van der Waals surface area contributed by atoms with E-state index in [0.717, 1.165) is 12.1 Å². The Hall–Kier alpha value is -3.62. The van der Waals surface area contributed by atoms with Gasteiger partial charge in [0.2, 0.25) is 0 Å². The monoisotopic (exact) mass is 420 g/mol. The molecule has 30 heavy (non-hydrogen) atoms. The maximum absolute atomic E-state index is 13.1. The van der Waals surface area contributed by atoms with Crippen molar-refractivity contribution in [3.8, 4) is 11.1 Å². The molecule has 0 saturated carbocycles. The largest absolute Gasteiger partial charge is 0.478 e. The van der Waals surface area contributed by atoms with Crippen LogP contribution in [-0.2, 0) is 25.2 Å². The zero-order valence-electron chi connectivity index (χ0n) is 15.7. The molecule has 0 bridgehead atoms. The second kappa shape index (κ2) is 7.33. The summed E-state index contributed by atoms with van der Waals surface area (Å²) in [5.74, 6) is -4.57. The fraction of sp³-hybridized carbons (Fsp3) is 0.190. The average molecular weight is 420 g/mol. The molecule has 9 heteroatoms. The second-order valence-corrected chi connectivity index (χ2v) is 6.96. The van der Waals surface area contributed by atoms with Gasteiger partial charge in [-0.05, 0) is 41.0 Å². The number of alkyl halides is 3. The Morgan fingerprint density at radius 1 is 0.967 bits per heavy atom. The van der Waals surface area contributed by atoms with E-state index in [4.69, 9.17) is 14.6 Å². The van der Waals surface area contributed by atoms with Crippen molar-refractivity contribution >= 4 is 24.0 Å². The van der Waals surface area contributed by atoms with Crippen LogP contribution in [0.15, 0.2) is 48.0 Å². The zero-order valence-corrected chi connectivity index (χ0v) is 15.7. The molecule has 0 amide bonds. The van der Waals surface area contributed by atoms with Crippen molar-refractivity contribution in [1.29, 1.82) is 0 Å². The Labute approximate surface area is 168 Å². The van der Waals surface area contributed by atoms with Crippen LogP contribution in [0.5, 0.6) is 0 Å². The van der Waals surface area contributed by atoms with Crippen LogP contribution in [0.25, 0.3) is 17.2 Å². The summed E-state index contributed by atoms with van der Waals surface area (Å²) in [6, 6.07) is 8.34. The Balaban J connectivity index is 1.95. The molecule has 156 valence electrons. The highest BCUT2D eigenvalue weighted by Crippen LogP contribution is 2.34. The average Bonchev–Trinajstić information content (AvgIpc) is 2.63. The molecule has 2 aromatic rings. The lowest BCUT2D eigenvalue weighted by Gasteiger charge is -2.29. The number of carboxylic acids is 1.